The Morgan fingerprint density at radius 2 is 1.87 bits per heavy atom. The normalized spacial score (nSPS) is 17.0. The van der Waals surface area contributed by atoms with Gasteiger partial charge in [-0.1, -0.05) is 30.3 Å². The first-order valence-electron chi connectivity index (χ1n) is 7.83. The first-order chi connectivity index (χ1) is 11.3. The second-order valence-corrected chi connectivity index (χ2v) is 5.61. The molecule has 23 heavy (non-hydrogen) atoms. The van der Waals surface area contributed by atoms with E-state index in [9.17, 15) is 5.11 Å². The summed E-state index contributed by atoms with van der Waals surface area (Å²) in [6.07, 6.45) is 1.27. The maximum Gasteiger partial charge on any atom is 0.228 e. The van der Waals surface area contributed by atoms with E-state index in [2.05, 4.69) is 19.8 Å². The molecule has 122 valence electrons. The molecule has 2 heterocycles. The third-order valence-electron chi connectivity index (χ3n) is 4.10. The number of hydrogen-bond donors (Lipinski definition) is 1. The quantitative estimate of drug-likeness (QED) is 0.899. The number of nitrogens with zero attached hydrogens (tertiary/aromatic N) is 4. The molecule has 0 spiro atoms. The molecular formula is C17H22N4O2. The van der Waals surface area contributed by atoms with Gasteiger partial charge in [0, 0.05) is 45.0 Å². The van der Waals surface area contributed by atoms with Crippen molar-refractivity contribution in [3.8, 4) is 5.88 Å². The molecule has 0 bridgehead atoms. The van der Waals surface area contributed by atoms with Crippen molar-refractivity contribution in [1.82, 2.24) is 14.9 Å². The number of aliphatic hydroxyl groups excluding tert-OH is 1. The Labute approximate surface area is 136 Å². The lowest BCUT2D eigenvalue weighted by Crippen LogP contribution is -2.48. The Kier molecular flexibility index (Phi) is 5.05. The predicted octanol–water partition coefficient (Wildman–Crippen LogP) is 1.34. The first kappa shape index (κ1) is 15.7. The van der Waals surface area contributed by atoms with Gasteiger partial charge < -0.3 is 14.7 Å². The summed E-state index contributed by atoms with van der Waals surface area (Å²) in [6, 6.07) is 11.5. The maximum absolute atomic E-state index is 10.3. The van der Waals surface area contributed by atoms with E-state index in [0.29, 0.717) is 18.4 Å². The minimum absolute atomic E-state index is 0.448. The highest BCUT2D eigenvalue weighted by atomic mass is 16.5. The summed E-state index contributed by atoms with van der Waals surface area (Å²) in [5.74, 6) is 1.28. The Balaban J connectivity index is 1.54. The van der Waals surface area contributed by atoms with Crippen molar-refractivity contribution in [2.75, 3.05) is 44.7 Å². The van der Waals surface area contributed by atoms with E-state index in [4.69, 9.17) is 4.74 Å². The lowest BCUT2D eigenvalue weighted by atomic mass is 10.1. The molecule has 1 atom stereocenters. The van der Waals surface area contributed by atoms with Crippen LogP contribution in [0.1, 0.15) is 11.7 Å². The lowest BCUT2D eigenvalue weighted by Gasteiger charge is -2.35. The van der Waals surface area contributed by atoms with E-state index >= 15 is 0 Å². The number of ether oxygens (including phenoxy) is 1. The van der Waals surface area contributed by atoms with Crippen LogP contribution in [0, 0.1) is 0 Å². The number of hydrogen-bond acceptors (Lipinski definition) is 6. The Morgan fingerprint density at radius 1 is 1.13 bits per heavy atom. The van der Waals surface area contributed by atoms with Gasteiger partial charge in [0.15, 0.2) is 0 Å². The fraction of sp³-hybridized carbons (Fsp3) is 0.412. The molecule has 2 aromatic rings. The molecule has 1 N–H and O–H groups in total. The van der Waals surface area contributed by atoms with E-state index in [1.807, 2.05) is 30.3 Å². The molecule has 0 amide bonds. The summed E-state index contributed by atoms with van der Waals surface area (Å²) >= 11 is 0. The molecule has 6 nitrogen and oxygen atoms in total. The fourth-order valence-electron chi connectivity index (χ4n) is 2.75. The zero-order valence-corrected chi connectivity index (χ0v) is 13.3. The summed E-state index contributed by atoms with van der Waals surface area (Å²) in [5.41, 5.74) is 0.964. The molecule has 1 fully saturated rings. The molecule has 0 aliphatic carbocycles. The van der Waals surface area contributed by atoms with E-state index in [-0.39, 0.29) is 0 Å². The van der Waals surface area contributed by atoms with Crippen molar-refractivity contribution >= 4 is 5.95 Å². The average Bonchev–Trinajstić information content (AvgIpc) is 2.63. The van der Waals surface area contributed by atoms with Crippen LogP contribution in [-0.4, -0.2) is 59.8 Å². The number of methoxy groups -OCH3 is 1. The zero-order valence-electron chi connectivity index (χ0n) is 13.3. The van der Waals surface area contributed by atoms with Crippen LogP contribution >= 0.6 is 0 Å². The van der Waals surface area contributed by atoms with Crippen LogP contribution in [0.5, 0.6) is 5.88 Å². The van der Waals surface area contributed by atoms with Crippen LogP contribution in [-0.2, 0) is 0 Å². The minimum Gasteiger partial charge on any atom is -0.481 e. The molecule has 1 aromatic carbocycles. The molecule has 1 aromatic heterocycles. The molecule has 1 saturated heterocycles. The molecule has 0 radical (unpaired) electrons. The number of β-amino-alcohol motifs (C(OH)–C–C–N with tert-alkyl or cyclic N) is 1. The van der Waals surface area contributed by atoms with Crippen molar-refractivity contribution in [2.45, 2.75) is 6.10 Å². The Hall–Kier alpha value is -2.18. The van der Waals surface area contributed by atoms with Crippen molar-refractivity contribution < 1.29 is 9.84 Å². The minimum atomic E-state index is -0.448. The first-order valence-corrected chi connectivity index (χ1v) is 7.83. The third-order valence-corrected chi connectivity index (χ3v) is 4.10. The number of rotatable bonds is 5. The molecular weight excluding hydrogens is 292 g/mol. The summed E-state index contributed by atoms with van der Waals surface area (Å²) < 4.78 is 5.15. The van der Waals surface area contributed by atoms with Gasteiger partial charge in [0.05, 0.1) is 13.2 Å². The molecule has 0 unspecified atom stereocenters. The molecule has 1 aliphatic rings. The van der Waals surface area contributed by atoms with Crippen LogP contribution in [0.4, 0.5) is 5.95 Å². The Morgan fingerprint density at radius 3 is 2.57 bits per heavy atom. The van der Waals surface area contributed by atoms with E-state index in [1.54, 1.807) is 19.4 Å². The van der Waals surface area contributed by atoms with Crippen molar-refractivity contribution in [2.24, 2.45) is 0 Å². The van der Waals surface area contributed by atoms with Crippen LogP contribution in [0.25, 0.3) is 0 Å². The number of aliphatic hydroxyl groups is 1. The highest BCUT2D eigenvalue weighted by Gasteiger charge is 2.21. The van der Waals surface area contributed by atoms with Gasteiger partial charge in [-0.25, -0.2) is 4.98 Å². The van der Waals surface area contributed by atoms with Gasteiger partial charge in [-0.2, -0.15) is 4.98 Å². The monoisotopic (exact) mass is 314 g/mol. The maximum atomic E-state index is 10.3. The topological polar surface area (TPSA) is 61.7 Å². The smallest absolute Gasteiger partial charge is 0.228 e. The number of aromatic nitrogens is 2. The van der Waals surface area contributed by atoms with Crippen LogP contribution < -0.4 is 9.64 Å². The fourth-order valence-corrected chi connectivity index (χ4v) is 2.75. The van der Waals surface area contributed by atoms with Crippen molar-refractivity contribution in [3.63, 3.8) is 0 Å². The summed E-state index contributed by atoms with van der Waals surface area (Å²) in [4.78, 5) is 13.1. The zero-order chi connectivity index (χ0) is 16.1. The summed E-state index contributed by atoms with van der Waals surface area (Å²) in [7, 11) is 1.61. The second-order valence-electron chi connectivity index (χ2n) is 5.61. The van der Waals surface area contributed by atoms with Crippen LogP contribution in [0.3, 0.4) is 0 Å². The summed E-state index contributed by atoms with van der Waals surface area (Å²) in [6.45, 7) is 4.09. The van der Waals surface area contributed by atoms with E-state index < -0.39 is 6.10 Å². The van der Waals surface area contributed by atoms with Gasteiger partial charge in [0.1, 0.15) is 0 Å². The standard InChI is InChI=1S/C17H22N4O2/c1-23-16-7-8-18-17(19-16)21-11-9-20(10-12-21)13-15(22)14-5-3-2-4-6-14/h2-8,15,22H,9-13H2,1H3/t15-/m0/s1. The molecule has 1 aliphatic heterocycles. The highest BCUT2D eigenvalue weighted by molar-refractivity contribution is 5.32. The SMILES string of the molecule is COc1ccnc(N2CCN(C[C@H](O)c3ccccc3)CC2)n1. The van der Waals surface area contributed by atoms with E-state index in [0.717, 1.165) is 31.7 Å². The second kappa shape index (κ2) is 7.39. The molecule has 0 saturated carbocycles. The molecule has 3 rings (SSSR count). The van der Waals surface area contributed by atoms with Crippen molar-refractivity contribution in [1.29, 1.82) is 0 Å². The van der Waals surface area contributed by atoms with Gasteiger partial charge in [0.2, 0.25) is 11.8 Å². The lowest BCUT2D eigenvalue weighted by molar-refractivity contribution is 0.109. The predicted molar refractivity (Wildman–Crippen MR) is 88.6 cm³/mol. The van der Waals surface area contributed by atoms with Gasteiger partial charge in [-0.05, 0) is 5.56 Å². The van der Waals surface area contributed by atoms with E-state index in [1.165, 1.54) is 0 Å². The number of piperazine rings is 1. The van der Waals surface area contributed by atoms with Gasteiger partial charge in [0.25, 0.3) is 0 Å². The van der Waals surface area contributed by atoms with Gasteiger partial charge in [-0.3, -0.25) is 4.90 Å². The highest BCUT2D eigenvalue weighted by Crippen LogP contribution is 2.17. The van der Waals surface area contributed by atoms with Gasteiger partial charge in [-0.15, -0.1) is 0 Å². The Bertz CT molecular complexity index is 615. The van der Waals surface area contributed by atoms with Crippen LogP contribution in [0.15, 0.2) is 42.6 Å². The largest absolute Gasteiger partial charge is 0.481 e. The van der Waals surface area contributed by atoms with Gasteiger partial charge >= 0.3 is 0 Å². The molecule has 6 heteroatoms. The average molecular weight is 314 g/mol. The van der Waals surface area contributed by atoms with Crippen molar-refractivity contribution in [3.05, 3.63) is 48.2 Å². The summed E-state index contributed by atoms with van der Waals surface area (Å²) in [5, 5.41) is 10.3. The van der Waals surface area contributed by atoms with Crippen LogP contribution in [0.2, 0.25) is 0 Å². The third kappa shape index (κ3) is 3.97. The number of anilines is 1. The number of benzene rings is 1.